The quantitative estimate of drug-likeness (QED) is 0.832. The van der Waals surface area contributed by atoms with Gasteiger partial charge in [0.05, 0.1) is 6.54 Å². The molecule has 0 saturated carbocycles. The summed E-state index contributed by atoms with van der Waals surface area (Å²) in [6, 6.07) is 3.76. The number of hydrogen-bond acceptors (Lipinski definition) is 7. The zero-order valence-corrected chi connectivity index (χ0v) is 14.7. The van der Waals surface area contributed by atoms with E-state index < -0.39 is 0 Å². The van der Waals surface area contributed by atoms with E-state index >= 15 is 0 Å². The Morgan fingerprint density at radius 1 is 1.17 bits per heavy atom. The molecule has 0 amide bonds. The predicted octanol–water partition coefficient (Wildman–Crippen LogP) is 2.11. The second-order valence-corrected chi connectivity index (χ2v) is 6.50. The number of aromatic nitrogens is 4. The third-order valence-electron chi connectivity index (χ3n) is 3.93. The summed E-state index contributed by atoms with van der Waals surface area (Å²) in [5.41, 5.74) is 0. The van der Waals surface area contributed by atoms with Crippen LogP contribution in [0.5, 0.6) is 5.75 Å². The van der Waals surface area contributed by atoms with Gasteiger partial charge in [0, 0.05) is 45.4 Å². The molecule has 128 valence electrons. The molecule has 3 heterocycles. The highest BCUT2D eigenvalue weighted by Crippen LogP contribution is 2.23. The maximum absolute atomic E-state index is 6.02. The molecule has 1 aliphatic rings. The van der Waals surface area contributed by atoms with Crippen LogP contribution in [0.2, 0.25) is 0 Å². The van der Waals surface area contributed by atoms with E-state index in [1.54, 1.807) is 12.4 Å². The van der Waals surface area contributed by atoms with Crippen LogP contribution in [0.4, 0.5) is 11.9 Å². The van der Waals surface area contributed by atoms with Crippen LogP contribution in [-0.2, 0) is 0 Å². The van der Waals surface area contributed by atoms with Crippen LogP contribution in [0.3, 0.4) is 0 Å². The summed E-state index contributed by atoms with van der Waals surface area (Å²) in [7, 11) is 3.89. The largest absolute Gasteiger partial charge is 0.488 e. The minimum Gasteiger partial charge on any atom is -0.488 e. The van der Waals surface area contributed by atoms with E-state index in [-0.39, 0.29) is 12.0 Å². The van der Waals surface area contributed by atoms with Gasteiger partial charge in [0.15, 0.2) is 0 Å². The van der Waals surface area contributed by atoms with Crippen molar-refractivity contribution in [3.63, 3.8) is 0 Å². The fraction of sp³-hybridized carbons (Fsp3) is 0.529. The molecule has 1 aliphatic heterocycles. The molecular formula is C17H24N6O. The zero-order valence-electron chi connectivity index (χ0n) is 14.7. The van der Waals surface area contributed by atoms with Crippen LogP contribution >= 0.6 is 0 Å². The molecule has 1 saturated heterocycles. The van der Waals surface area contributed by atoms with Crippen LogP contribution in [0, 0.1) is 0 Å². The van der Waals surface area contributed by atoms with Gasteiger partial charge in [-0.15, -0.1) is 0 Å². The fourth-order valence-corrected chi connectivity index (χ4v) is 2.58. The number of nitrogens with zero attached hydrogens (tertiary/aromatic N) is 6. The van der Waals surface area contributed by atoms with Crippen molar-refractivity contribution in [1.82, 2.24) is 19.9 Å². The number of pyridine rings is 1. The molecule has 0 aliphatic carbocycles. The van der Waals surface area contributed by atoms with E-state index in [1.165, 1.54) is 0 Å². The first kappa shape index (κ1) is 16.4. The summed E-state index contributed by atoms with van der Waals surface area (Å²) in [5.74, 6) is 3.36. The first-order chi connectivity index (χ1) is 11.5. The number of ether oxygens (including phenoxy) is 1. The summed E-state index contributed by atoms with van der Waals surface area (Å²) < 4.78 is 6.02. The van der Waals surface area contributed by atoms with Crippen molar-refractivity contribution >= 4 is 11.9 Å². The Morgan fingerprint density at radius 3 is 2.58 bits per heavy atom. The van der Waals surface area contributed by atoms with Crippen molar-refractivity contribution in [2.24, 2.45) is 0 Å². The summed E-state index contributed by atoms with van der Waals surface area (Å²) in [5, 5.41) is 0. The summed E-state index contributed by atoms with van der Waals surface area (Å²) >= 11 is 0. The lowest BCUT2D eigenvalue weighted by molar-refractivity contribution is 0.224. The lowest BCUT2D eigenvalue weighted by Crippen LogP contribution is -2.27. The minimum atomic E-state index is 0.134. The third kappa shape index (κ3) is 3.72. The predicted molar refractivity (Wildman–Crippen MR) is 93.7 cm³/mol. The maximum atomic E-state index is 6.02. The second kappa shape index (κ2) is 6.98. The Labute approximate surface area is 142 Å². The van der Waals surface area contributed by atoms with Gasteiger partial charge < -0.3 is 14.5 Å². The Balaban J connectivity index is 1.75. The van der Waals surface area contributed by atoms with Gasteiger partial charge in [-0.2, -0.15) is 15.0 Å². The molecule has 0 aromatic carbocycles. The van der Waals surface area contributed by atoms with E-state index in [4.69, 9.17) is 4.74 Å². The van der Waals surface area contributed by atoms with Crippen molar-refractivity contribution in [3.05, 3.63) is 30.4 Å². The van der Waals surface area contributed by atoms with E-state index in [9.17, 15) is 0 Å². The summed E-state index contributed by atoms with van der Waals surface area (Å²) in [6.45, 7) is 5.84. The molecule has 0 N–H and O–H groups in total. The Bertz CT molecular complexity index is 650. The van der Waals surface area contributed by atoms with Gasteiger partial charge >= 0.3 is 0 Å². The summed E-state index contributed by atoms with van der Waals surface area (Å²) in [4.78, 5) is 21.9. The van der Waals surface area contributed by atoms with Crippen molar-refractivity contribution in [1.29, 1.82) is 0 Å². The van der Waals surface area contributed by atoms with Crippen LogP contribution in [-0.4, -0.2) is 53.2 Å². The standard InChI is InChI=1S/C17H24N6O/c1-12(2)15-19-16(22(3)4)21-17(20-15)23-10-7-14(11-23)24-13-5-8-18-9-6-13/h5-6,8-9,12,14H,7,10-11H2,1-4H3. The van der Waals surface area contributed by atoms with Gasteiger partial charge in [0.1, 0.15) is 17.7 Å². The lowest BCUT2D eigenvalue weighted by Gasteiger charge is -2.20. The summed E-state index contributed by atoms with van der Waals surface area (Å²) in [6.07, 6.45) is 4.57. The SMILES string of the molecule is CC(C)c1nc(N(C)C)nc(N2CCC(Oc3ccncc3)C2)n1. The van der Waals surface area contributed by atoms with Crippen molar-refractivity contribution < 1.29 is 4.74 Å². The topological polar surface area (TPSA) is 67.3 Å². The molecule has 2 aromatic heterocycles. The lowest BCUT2D eigenvalue weighted by atomic mass is 10.2. The van der Waals surface area contributed by atoms with E-state index in [0.29, 0.717) is 5.95 Å². The van der Waals surface area contributed by atoms with Crippen LogP contribution < -0.4 is 14.5 Å². The molecule has 0 radical (unpaired) electrons. The normalized spacial score (nSPS) is 17.4. The van der Waals surface area contributed by atoms with Gasteiger partial charge in [-0.1, -0.05) is 13.8 Å². The van der Waals surface area contributed by atoms with Gasteiger partial charge in [0.25, 0.3) is 0 Å². The third-order valence-corrected chi connectivity index (χ3v) is 3.93. The van der Waals surface area contributed by atoms with Gasteiger partial charge in [-0.3, -0.25) is 4.98 Å². The van der Waals surface area contributed by atoms with Crippen molar-refractivity contribution in [3.8, 4) is 5.75 Å². The van der Waals surface area contributed by atoms with Gasteiger partial charge in [-0.05, 0) is 12.1 Å². The Morgan fingerprint density at radius 2 is 1.92 bits per heavy atom. The average Bonchev–Trinajstić information content (AvgIpc) is 3.04. The van der Waals surface area contributed by atoms with Crippen LogP contribution in [0.15, 0.2) is 24.5 Å². The van der Waals surface area contributed by atoms with E-state index in [0.717, 1.165) is 37.0 Å². The molecular weight excluding hydrogens is 304 g/mol. The Hall–Kier alpha value is -2.44. The molecule has 0 bridgehead atoms. The highest BCUT2D eigenvalue weighted by molar-refractivity contribution is 5.40. The molecule has 1 unspecified atom stereocenters. The second-order valence-electron chi connectivity index (χ2n) is 6.50. The number of anilines is 2. The van der Waals surface area contributed by atoms with Crippen molar-refractivity contribution in [2.45, 2.75) is 32.3 Å². The van der Waals surface area contributed by atoms with Crippen LogP contribution in [0.25, 0.3) is 0 Å². The van der Waals surface area contributed by atoms with E-state index in [2.05, 4.69) is 38.7 Å². The molecule has 24 heavy (non-hydrogen) atoms. The van der Waals surface area contributed by atoms with Gasteiger partial charge in [0.2, 0.25) is 11.9 Å². The highest BCUT2D eigenvalue weighted by Gasteiger charge is 2.27. The smallest absolute Gasteiger partial charge is 0.230 e. The van der Waals surface area contributed by atoms with Crippen molar-refractivity contribution in [2.75, 3.05) is 37.0 Å². The first-order valence-electron chi connectivity index (χ1n) is 8.28. The maximum Gasteiger partial charge on any atom is 0.230 e. The molecule has 2 aromatic rings. The molecule has 1 atom stereocenters. The molecule has 7 heteroatoms. The number of hydrogen-bond donors (Lipinski definition) is 0. The number of rotatable bonds is 5. The van der Waals surface area contributed by atoms with Crippen LogP contribution in [0.1, 0.15) is 32.0 Å². The monoisotopic (exact) mass is 328 g/mol. The zero-order chi connectivity index (χ0) is 17.1. The fourth-order valence-electron chi connectivity index (χ4n) is 2.58. The average molecular weight is 328 g/mol. The molecule has 3 rings (SSSR count). The minimum absolute atomic E-state index is 0.134. The molecule has 7 nitrogen and oxygen atoms in total. The van der Waals surface area contributed by atoms with E-state index in [1.807, 2.05) is 31.1 Å². The molecule has 0 spiro atoms. The first-order valence-corrected chi connectivity index (χ1v) is 8.28. The molecule has 1 fully saturated rings. The Kier molecular flexibility index (Phi) is 4.78. The highest BCUT2D eigenvalue weighted by atomic mass is 16.5. The van der Waals surface area contributed by atoms with Gasteiger partial charge in [-0.25, -0.2) is 0 Å².